The predicted molar refractivity (Wildman–Crippen MR) is 200 cm³/mol. The van der Waals surface area contributed by atoms with E-state index in [0.717, 1.165) is 20.3 Å². The number of carbonyl (C=O) groups is 2. The van der Waals surface area contributed by atoms with Crippen LogP contribution in [0.3, 0.4) is 0 Å². The number of azo groups is 2. The Hall–Kier alpha value is -6.40. The highest BCUT2D eigenvalue weighted by Crippen LogP contribution is 2.40. The highest BCUT2D eigenvalue weighted by molar-refractivity contribution is 7.87. The van der Waals surface area contributed by atoms with Crippen molar-refractivity contribution in [2.24, 2.45) is 20.5 Å². The Bertz CT molecular complexity index is 2730. The number of rotatable bonds is 8. The number of phenols is 1. The number of nitrogen functional groups attached to an aromatic ring is 2. The first kappa shape index (κ1) is 36.0. The molecule has 6 aromatic carbocycles. The minimum atomic E-state index is -4.17. The Labute approximate surface area is 307 Å². The van der Waals surface area contributed by atoms with Gasteiger partial charge in [-0.3, -0.25) is 18.0 Å². The van der Waals surface area contributed by atoms with Crippen LogP contribution >= 0.6 is 0 Å². The number of nitrogens with two attached hydrogens (primary N) is 2. The maximum Gasteiger partial charge on any atom is 0.296 e. The van der Waals surface area contributed by atoms with Crippen LogP contribution in [0.1, 0.15) is 37.4 Å². The van der Waals surface area contributed by atoms with Gasteiger partial charge in [-0.15, -0.1) is 10.2 Å². The summed E-state index contributed by atoms with van der Waals surface area (Å²) in [6, 6.07) is 20.1. The Morgan fingerprint density at radius 3 is 1.48 bits per heavy atom. The molecule has 1 aliphatic rings. The Kier molecular flexibility index (Phi) is 8.81. The van der Waals surface area contributed by atoms with Crippen molar-refractivity contribution in [1.29, 1.82) is 0 Å². The van der Waals surface area contributed by atoms with Gasteiger partial charge in [0, 0.05) is 61.2 Å². The lowest BCUT2D eigenvalue weighted by Crippen LogP contribution is -2.20. The number of aromatic hydroxyl groups is 1. The van der Waals surface area contributed by atoms with Crippen LogP contribution < -0.4 is 11.5 Å². The summed E-state index contributed by atoms with van der Waals surface area (Å²) in [5.41, 5.74) is 14.9. The van der Waals surface area contributed by atoms with Gasteiger partial charge in [-0.1, -0.05) is 0 Å². The molecular weight excluding hydrogens is 737 g/mol. The summed E-state index contributed by atoms with van der Waals surface area (Å²) < 4.78 is 58.9. The van der Waals surface area contributed by atoms with E-state index in [2.05, 4.69) is 28.8 Å². The summed E-state index contributed by atoms with van der Waals surface area (Å²) in [7, 11) is -6.14. The molecule has 6 aromatic rings. The zero-order valence-corrected chi connectivity index (χ0v) is 30.2. The van der Waals surface area contributed by atoms with Crippen molar-refractivity contribution in [2.75, 3.05) is 25.7 Å². The fraction of sp³-hybridized carbons (Fsp3) is 0.0811. The maximum absolute atomic E-state index is 13.7. The number of fused-ring (bicyclic) bond motifs is 4. The molecule has 0 heterocycles. The van der Waals surface area contributed by atoms with Crippen LogP contribution in [0.4, 0.5) is 34.1 Å². The van der Waals surface area contributed by atoms with E-state index < -0.39 is 37.6 Å². The lowest BCUT2D eigenvalue weighted by molar-refractivity contribution is 0.0979. The summed E-state index contributed by atoms with van der Waals surface area (Å²) in [6.45, 7) is 1.72. The molecule has 0 unspecified atom stereocenters. The average molecular weight is 765 g/mol. The summed E-state index contributed by atoms with van der Waals surface area (Å²) in [5, 5.41) is 29.0. The van der Waals surface area contributed by atoms with Crippen molar-refractivity contribution in [3.63, 3.8) is 0 Å². The van der Waals surface area contributed by atoms with Gasteiger partial charge in [0.2, 0.25) is 0 Å². The van der Waals surface area contributed by atoms with Crippen molar-refractivity contribution in [3.8, 4) is 5.75 Å². The van der Waals surface area contributed by atoms with E-state index in [9.17, 15) is 31.5 Å². The van der Waals surface area contributed by atoms with Gasteiger partial charge in [-0.2, -0.15) is 27.1 Å². The summed E-state index contributed by atoms with van der Waals surface area (Å²) in [6.07, 6.45) is 0. The normalized spacial score (nSPS) is 13.3. The topological polar surface area (TPSA) is 243 Å². The molecule has 0 fully saturated rings. The first-order valence-corrected chi connectivity index (χ1v) is 18.7. The third-order valence-corrected chi connectivity index (χ3v) is 11.4. The molecule has 5 N–H and O–H groups in total. The van der Waals surface area contributed by atoms with Crippen molar-refractivity contribution in [3.05, 3.63) is 113 Å². The highest BCUT2D eigenvalue weighted by Gasteiger charge is 2.30. The second-order valence-electron chi connectivity index (χ2n) is 12.1. The SMILES string of the molecule is COS(=O)(=O)c1cc(C)c2c(N)ccc(N=Nc3ccc4c(c3)C(=O)c3ccc(N=Nc5ccc(N)c6c(O)cc(S(=O)(=O)OC)cc56)cc3C4=O)c2c1. The lowest BCUT2D eigenvalue weighted by atomic mass is 9.83. The van der Waals surface area contributed by atoms with Gasteiger partial charge in [-0.25, -0.2) is 0 Å². The van der Waals surface area contributed by atoms with Crippen LogP contribution in [0.15, 0.2) is 115 Å². The van der Waals surface area contributed by atoms with Gasteiger partial charge in [0.15, 0.2) is 11.6 Å². The molecule has 0 aliphatic heterocycles. The van der Waals surface area contributed by atoms with Gasteiger partial charge in [0.05, 0.1) is 46.8 Å². The minimum Gasteiger partial charge on any atom is -0.507 e. The number of hydrogen-bond acceptors (Lipinski definition) is 15. The van der Waals surface area contributed by atoms with Gasteiger partial charge in [0.1, 0.15) is 5.75 Å². The van der Waals surface area contributed by atoms with Gasteiger partial charge >= 0.3 is 0 Å². The van der Waals surface area contributed by atoms with Crippen LogP contribution in [-0.2, 0) is 28.6 Å². The standard InChI is InChI=1S/C37H28N6O9S2/c1-18-12-21(53(47,48)51-2)15-27-31(10-8-29(38)34(18)27)42-40-19-4-6-23-25(13-19)36(45)24-7-5-20(14-26(24)37(23)46)41-43-32-11-9-30(39)35-28(32)16-22(17-33(35)44)54(49,50)52-3/h4-17,44H,38-39H2,1-3H3. The Balaban J connectivity index is 1.20. The number of aryl methyl sites for hydroxylation is 1. The molecule has 0 atom stereocenters. The fourth-order valence-electron chi connectivity index (χ4n) is 6.26. The number of ketones is 2. The molecule has 15 nitrogen and oxygen atoms in total. The van der Waals surface area contributed by atoms with E-state index in [4.69, 9.17) is 11.5 Å². The molecule has 0 radical (unpaired) electrons. The van der Waals surface area contributed by atoms with E-state index in [1.54, 1.807) is 19.1 Å². The smallest absolute Gasteiger partial charge is 0.296 e. The van der Waals surface area contributed by atoms with Gasteiger partial charge in [0.25, 0.3) is 20.2 Å². The van der Waals surface area contributed by atoms with E-state index in [1.807, 2.05) is 0 Å². The fourth-order valence-corrected chi connectivity index (χ4v) is 7.75. The first-order chi connectivity index (χ1) is 25.6. The minimum absolute atomic E-state index is 0.0774. The first-order valence-electron chi connectivity index (χ1n) is 15.8. The third kappa shape index (κ3) is 6.13. The molecule has 7 rings (SSSR count). The van der Waals surface area contributed by atoms with Crippen LogP contribution in [0.25, 0.3) is 21.5 Å². The number of carbonyl (C=O) groups excluding carboxylic acids is 2. The molecule has 0 amide bonds. The lowest BCUT2D eigenvalue weighted by Gasteiger charge is -2.17. The van der Waals surface area contributed by atoms with Gasteiger partial charge < -0.3 is 16.6 Å². The second kappa shape index (κ2) is 13.2. The molecule has 17 heteroatoms. The summed E-state index contributed by atoms with van der Waals surface area (Å²) >= 11 is 0. The maximum atomic E-state index is 13.7. The van der Waals surface area contributed by atoms with Gasteiger partial charge in [-0.05, 0) is 91.3 Å². The molecule has 272 valence electrons. The predicted octanol–water partition coefficient (Wildman–Crippen LogP) is 7.45. The molecule has 0 saturated heterocycles. The van der Waals surface area contributed by atoms with Crippen LogP contribution in [0, 0.1) is 6.92 Å². The van der Waals surface area contributed by atoms with E-state index >= 15 is 0 Å². The molecule has 54 heavy (non-hydrogen) atoms. The largest absolute Gasteiger partial charge is 0.507 e. The van der Waals surface area contributed by atoms with Crippen molar-refractivity contribution < 1.29 is 39.9 Å². The quantitative estimate of drug-likeness (QED) is 0.0779. The van der Waals surface area contributed by atoms with E-state index in [0.29, 0.717) is 27.7 Å². The van der Waals surface area contributed by atoms with Crippen LogP contribution in [0.5, 0.6) is 5.75 Å². The van der Waals surface area contributed by atoms with Crippen LogP contribution in [0.2, 0.25) is 0 Å². The summed E-state index contributed by atoms with van der Waals surface area (Å²) in [4.78, 5) is 26.9. The number of anilines is 2. The molecular formula is C37H28N6O9S2. The molecule has 1 aliphatic carbocycles. The van der Waals surface area contributed by atoms with Crippen molar-refractivity contribution >= 4 is 87.5 Å². The van der Waals surface area contributed by atoms with E-state index in [-0.39, 0.29) is 65.6 Å². The summed E-state index contributed by atoms with van der Waals surface area (Å²) in [5.74, 6) is -1.28. The number of phenolic OH excluding ortho intramolecular Hbond substituents is 1. The Morgan fingerprint density at radius 1 is 0.556 bits per heavy atom. The second-order valence-corrected chi connectivity index (χ2v) is 15.6. The third-order valence-electron chi connectivity index (χ3n) is 8.92. The average Bonchev–Trinajstić information content (AvgIpc) is 3.15. The molecule has 0 bridgehead atoms. The zero-order valence-electron chi connectivity index (χ0n) is 28.6. The van der Waals surface area contributed by atoms with Crippen molar-refractivity contribution in [2.45, 2.75) is 16.7 Å². The van der Waals surface area contributed by atoms with E-state index in [1.165, 1.54) is 66.7 Å². The highest BCUT2D eigenvalue weighted by atomic mass is 32.2. The number of hydrogen-bond donors (Lipinski definition) is 3. The zero-order chi connectivity index (χ0) is 38.7. The Morgan fingerprint density at radius 2 is 1.00 bits per heavy atom. The monoisotopic (exact) mass is 764 g/mol. The number of benzene rings is 6. The molecule has 0 spiro atoms. The molecule has 0 aromatic heterocycles. The van der Waals surface area contributed by atoms with Crippen LogP contribution in [-0.4, -0.2) is 47.7 Å². The number of nitrogens with zero attached hydrogens (tertiary/aromatic N) is 4. The van der Waals surface area contributed by atoms with Crippen molar-refractivity contribution in [1.82, 2.24) is 0 Å². The molecule has 0 saturated carbocycles.